The minimum atomic E-state index is -1.46. The monoisotopic (exact) mass is 496 g/mol. The maximum absolute atomic E-state index is 13.9. The molecule has 2 saturated heterocycles. The van der Waals surface area contributed by atoms with Crippen LogP contribution in [0.4, 0.5) is 5.69 Å². The van der Waals surface area contributed by atoms with Gasteiger partial charge in [0.2, 0.25) is 23.6 Å². The van der Waals surface area contributed by atoms with Crippen LogP contribution in [0.1, 0.15) is 29.5 Å². The third-order valence-corrected chi connectivity index (χ3v) is 7.81. The number of likely N-dealkylation sites (tertiary alicyclic amines) is 1. The third kappa shape index (κ3) is 3.33. The number of nitrogens with zero attached hydrogens (tertiary/aromatic N) is 1. The highest BCUT2D eigenvalue weighted by atomic mass is 35.5. The maximum atomic E-state index is 13.9. The van der Waals surface area contributed by atoms with E-state index in [0.29, 0.717) is 33.1 Å². The normalized spacial score (nSPS) is 26.8. The second-order valence-corrected chi connectivity index (χ2v) is 9.60. The van der Waals surface area contributed by atoms with Gasteiger partial charge in [0.15, 0.2) is 0 Å². The predicted octanol–water partition coefficient (Wildman–Crippen LogP) is 1.84. The van der Waals surface area contributed by atoms with Crippen molar-refractivity contribution in [2.24, 2.45) is 17.6 Å². The van der Waals surface area contributed by atoms with Crippen LogP contribution in [0.2, 0.25) is 5.02 Å². The summed E-state index contributed by atoms with van der Waals surface area (Å²) in [6.07, 6.45) is 0.230. The van der Waals surface area contributed by atoms with Crippen molar-refractivity contribution in [2.45, 2.75) is 37.9 Å². The maximum Gasteiger partial charge on any atom is 0.250 e. The summed E-state index contributed by atoms with van der Waals surface area (Å²) in [5.74, 6) is -3.04. The molecule has 0 bridgehead atoms. The molecule has 35 heavy (non-hydrogen) atoms. The molecule has 0 radical (unpaired) electrons. The van der Waals surface area contributed by atoms with E-state index in [9.17, 15) is 19.2 Å². The number of benzene rings is 2. The number of halogens is 1. The molecule has 9 nitrogen and oxygen atoms in total. The number of hydrogen-bond donors (Lipinski definition) is 3. The molecule has 2 aromatic carbocycles. The summed E-state index contributed by atoms with van der Waals surface area (Å²) in [5.41, 5.74) is 6.38. The van der Waals surface area contributed by atoms with Crippen molar-refractivity contribution in [3.8, 4) is 5.75 Å². The number of hydrogen-bond acceptors (Lipinski definition) is 6. The van der Waals surface area contributed by atoms with Crippen LogP contribution in [-0.4, -0.2) is 41.7 Å². The topological polar surface area (TPSA) is 131 Å². The van der Waals surface area contributed by atoms with Gasteiger partial charge in [0.25, 0.3) is 0 Å². The summed E-state index contributed by atoms with van der Waals surface area (Å²) in [6.45, 7) is 1.80. The summed E-state index contributed by atoms with van der Waals surface area (Å²) >= 11 is 6.29. The van der Waals surface area contributed by atoms with Crippen LogP contribution in [0, 0.1) is 18.8 Å². The molecule has 3 aliphatic heterocycles. The van der Waals surface area contributed by atoms with Gasteiger partial charge in [-0.2, -0.15) is 0 Å². The fourth-order valence-electron chi connectivity index (χ4n) is 5.76. The average Bonchev–Trinajstić information content (AvgIpc) is 3.41. The van der Waals surface area contributed by atoms with Gasteiger partial charge in [0, 0.05) is 28.6 Å². The highest BCUT2D eigenvalue weighted by Gasteiger charge is 2.70. The standard InChI is InChI=1S/C25H25ClN4O5/c1-12-15(26)8-7-14-21(12)28-24(34)25(14)20-19(16(29-25)9-10-18(27)31)22(32)30(23(20)33)11-13-5-3-4-6-17(13)35-2/h3-8,16,19-20,29H,9-11H2,1-2H3,(H2,27,31)(H,28,34)/t16-,19+,20-,25-/m0/s1. The number of carbonyl (C=O) groups excluding carboxylic acids is 4. The lowest BCUT2D eigenvalue weighted by molar-refractivity contribution is -0.143. The Bertz CT molecular complexity index is 1280. The fourth-order valence-corrected chi connectivity index (χ4v) is 5.91. The fraction of sp³-hybridized carbons (Fsp3) is 0.360. The molecule has 0 saturated carbocycles. The number of nitrogens with one attached hydrogen (secondary N) is 2. The summed E-state index contributed by atoms with van der Waals surface area (Å²) in [7, 11) is 1.52. The number of methoxy groups -OCH3 is 1. The molecule has 4 amide bonds. The molecule has 4 N–H and O–H groups in total. The first-order valence-corrected chi connectivity index (χ1v) is 11.7. The highest BCUT2D eigenvalue weighted by molar-refractivity contribution is 6.32. The smallest absolute Gasteiger partial charge is 0.250 e. The quantitative estimate of drug-likeness (QED) is 0.523. The predicted molar refractivity (Wildman–Crippen MR) is 127 cm³/mol. The second kappa shape index (κ2) is 8.35. The number of para-hydroxylation sites is 1. The zero-order chi connectivity index (χ0) is 25.1. The van der Waals surface area contributed by atoms with Crippen LogP contribution in [0.25, 0.3) is 0 Å². The molecule has 10 heteroatoms. The Morgan fingerprint density at radius 3 is 2.63 bits per heavy atom. The lowest BCUT2D eigenvalue weighted by Crippen LogP contribution is -2.53. The number of rotatable bonds is 6. The number of imide groups is 1. The number of primary amides is 1. The van der Waals surface area contributed by atoms with Crippen molar-refractivity contribution in [2.75, 3.05) is 12.4 Å². The molecular weight excluding hydrogens is 472 g/mol. The number of amides is 4. The van der Waals surface area contributed by atoms with Crippen LogP contribution in [0.15, 0.2) is 36.4 Å². The van der Waals surface area contributed by atoms with Gasteiger partial charge in [0.05, 0.1) is 31.2 Å². The SMILES string of the molecule is COc1ccccc1CN1C(=O)[C@@H]2[C@H](CCC(N)=O)N[C@]3(C(=O)Nc4c3ccc(Cl)c4C)[C@@H]2C1=O. The van der Waals surface area contributed by atoms with E-state index in [2.05, 4.69) is 10.6 Å². The molecule has 2 fully saturated rings. The van der Waals surface area contributed by atoms with Gasteiger partial charge in [-0.15, -0.1) is 0 Å². The highest BCUT2D eigenvalue weighted by Crippen LogP contribution is 2.54. The summed E-state index contributed by atoms with van der Waals surface area (Å²) in [6, 6.07) is 9.94. The van der Waals surface area contributed by atoms with Gasteiger partial charge in [0.1, 0.15) is 11.3 Å². The molecule has 4 atom stereocenters. The van der Waals surface area contributed by atoms with Crippen molar-refractivity contribution < 1.29 is 23.9 Å². The lowest BCUT2D eigenvalue weighted by atomic mass is 9.76. The van der Waals surface area contributed by atoms with Gasteiger partial charge < -0.3 is 15.8 Å². The van der Waals surface area contributed by atoms with E-state index in [4.69, 9.17) is 22.1 Å². The number of fused-ring (bicyclic) bond motifs is 4. The molecule has 2 aromatic rings. The number of nitrogens with two attached hydrogens (primary N) is 1. The molecule has 3 aliphatic rings. The van der Waals surface area contributed by atoms with E-state index in [-0.39, 0.29) is 19.4 Å². The van der Waals surface area contributed by atoms with Gasteiger partial charge in [-0.25, -0.2) is 0 Å². The van der Waals surface area contributed by atoms with Crippen LogP contribution < -0.4 is 21.1 Å². The second-order valence-electron chi connectivity index (χ2n) is 9.19. The first-order valence-electron chi connectivity index (χ1n) is 11.3. The molecular formula is C25H25ClN4O5. The Morgan fingerprint density at radius 1 is 1.17 bits per heavy atom. The van der Waals surface area contributed by atoms with E-state index in [1.54, 1.807) is 43.3 Å². The number of anilines is 1. The van der Waals surface area contributed by atoms with Crippen LogP contribution >= 0.6 is 11.6 Å². The Morgan fingerprint density at radius 2 is 1.91 bits per heavy atom. The zero-order valence-electron chi connectivity index (χ0n) is 19.3. The van der Waals surface area contributed by atoms with E-state index in [1.165, 1.54) is 12.0 Å². The summed E-state index contributed by atoms with van der Waals surface area (Å²) in [5, 5.41) is 6.64. The number of ether oxygens (including phenoxy) is 1. The van der Waals surface area contributed by atoms with Crippen molar-refractivity contribution >= 4 is 40.9 Å². The molecule has 5 rings (SSSR count). The van der Waals surface area contributed by atoms with Crippen molar-refractivity contribution in [3.05, 3.63) is 58.1 Å². The lowest BCUT2D eigenvalue weighted by Gasteiger charge is -2.29. The minimum absolute atomic E-state index is 0.0130. The van der Waals surface area contributed by atoms with Crippen molar-refractivity contribution in [1.29, 1.82) is 0 Å². The molecule has 1 spiro atoms. The molecule has 0 aromatic heterocycles. The van der Waals surface area contributed by atoms with Gasteiger partial charge in [-0.05, 0) is 31.0 Å². The largest absolute Gasteiger partial charge is 0.496 e. The van der Waals surface area contributed by atoms with E-state index in [0.717, 1.165) is 0 Å². The molecule has 0 aliphatic carbocycles. The Balaban J connectivity index is 1.60. The van der Waals surface area contributed by atoms with Gasteiger partial charge in [-0.3, -0.25) is 29.4 Å². The molecule has 3 heterocycles. The average molecular weight is 497 g/mol. The van der Waals surface area contributed by atoms with E-state index in [1.807, 2.05) is 0 Å². The van der Waals surface area contributed by atoms with Crippen molar-refractivity contribution in [3.63, 3.8) is 0 Å². The summed E-state index contributed by atoms with van der Waals surface area (Å²) < 4.78 is 5.40. The van der Waals surface area contributed by atoms with Crippen LogP contribution in [0.3, 0.4) is 0 Å². The van der Waals surface area contributed by atoms with Gasteiger partial charge in [-0.1, -0.05) is 35.9 Å². The summed E-state index contributed by atoms with van der Waals surface area (Å²) in [4.78, 5) is 53.9. The van der Waals surface area contributed by atoms with Gasteiger partial charge >= 0.3 is 0 Å². The molecule has 182 valence electrons. The Hall–Kier alpha value is -3.43. The first-order chi connectivity index (χ1) is 16.7. The van der Waals surface area contributed by atoms with Crippen molar-refractivity contribution in [1.82, 2.24) is 10.2 Å². The minimum Gasteiger partial charge on any atom is -0.496 e. The van der Waals surface area contributed by atoms with E-state index >= 15 is 0 Å². The molecule has 0 unspecified atom stereocenters. The zero-order valence-corrected chi connectivity index (χ0v) is 20.0. The third-order valence-electron chi connectivity index (χ3n) is 7.40. The Labute approximate surface area is 206 Å². The Kier molecular flexibility index (Phi) is 5.56. The van der Waals surface area contributed by atoms with Crippen LogP contribution in [-0.2, 0) is 31.3 Å². The van der Waals surface area contributed by atoms with E-state index < -0.39 is 47.0 Å². The van der Waals surface area contributed by atoms with Crippen LogP contribution in [0.5, 0.6) is 5.75 Å². The number of carbonyl (C=O) groups is 4. The first kappa shape index (κ1) is 23.3.